The maximum absolute atomic E-state index is 12.0. The number of hydrogen-bond acceptors (Lipinski definition) is 6. The van der Waals surface area contributed by atoms with Gasteiger partial charge in [0, 0.05) is 6.54 Å². The summed E-state index contributed by atoms with van der Waals surface area (Å²) in [7, 11) is -3.74. The highest BCUT2D eigenvalue weighted by Crippen LogP contribution is 2.32. The maximum atomic E-state index is 12.0. The Labute approximate surface area is 147 Å². The summed E-state index contributed by atoms with van der Waals surface area (Å²) in [4.78, 5) is 11.8. The van der Waals surface area contributed by atoms with Gasteiger partial charge in [-0.15, -0.1) is 11.3 Å². The quantitative estimate of drug-likeness (QED) is 0.786. The Hall–Kier alpha value is -1.81. The second-order valence-corrected chi connectivity index (χ2v) is 8.56. The van der Waals surface area contributed by atoms with Gasteiger partial charge in [0.1, 0.15) is 4.21 Å². The molecule has 1 amide bonds. The molecule has 2 heterocycles. The molecule has 3 rings (SSSR count). The molecule has 0 unspecified atom stereocenters. The molecule has 10 heteroatoms. The van der Waals surface area contributed by atoms with Gasteiger partial charge in [-0.3, -0.25) is 4.79 Å². The van der Waals surface area contributed by atoms with Gasteiger partial charge in [0.05, 0.1) is 10.9 Å². The van der Waals surface area contributed by atoms with Gasteiger partial charge in [0.25, 0.3) is 10.0 Å². The minimum Gasteiger partial charge on any atom is -0.454 e. The summed E-state index contributed by atoms with van der Waals surface area (Å²) in [5.41, 5.74) is 0.820. The number of fused-ring (bicyclic) bond motifs is 1. The molecule has 0 saturated carbocycles. The van der Waals surface area contributed by atoms with Crippen LogP contribution in [0.15, 0.2) is 34.5 Å². The number of carbonyl (C=O) groups is 1. The number of rotatable bonds is 6. The van der Waals surface area contributed by atoms with E-state index in [1.54, 1.807) is 18.2 Å². The fraction of sp³-hybridized carbons (Fsp3) is 0.214. The van der Waals surface area contributed by atoms with Crippen LogP contribution in [0.1, 0.15) is 5.56 Å². The van der Waals surface area contributed by atoms with Crippen LogP contribution < -0.4 is 19.5 Å². The second kappa shape index (κ2) is 6.98. The summed E-state index contributed by atoms with van der Waals surface area (Å²) in [6.45, 7) is 0.0735. The molecule has 0 saturated heterocycles. The smallest absolute Gasteiger partial charge is 0.250 e. The number of ether oxygens (including phenoxy) is 2. The lowest BCUT2D eigenvalue weighted by molar-refractivity contribution is -0.120. The molecule has 128 valence electrons. The number of nitrogens with one attached hydrogen (secondary N) is 2. The standard InChI is InChI=1S/C14H13ClN2O5S2/c15-12-3-4-14(23-12)24(19,20)17-7-13(18)16-6-9-1-2-10-11(5-9)22-8-21-10/h1-5,17H,6-8H2,(H,16,18). The van der Waals surface area contributed by atoms with E-state index in [9.17, 15) is 13.2 Å². The molecule has 0 aliphatic carbocycles. The zero-order valence-corrected chi connectivity index (χ0v) is 14.6. The van der Waals surface area contributed by atoms with Crippen LogP contribution in [0.5, 0.6) is 11.5 Å². The van der Waals surface area contributed by atoms with E-state index in [4.69, 9.17) is 21.1 Å². The van der Waals surface area contributed by atoms with Crippen molar-refractivity contribution in [2.24, 2.45) is 0 Å². The molecule has 0 fully saturated rings. The van der Waals surface area contributed by atoms with Crippen LogP contribution in [-0.2, 0) is 21.4 Å². The van der Waals surface area contributed by atoms with Crippen LogP contribution in [0.3, 0.4) is 0 Å². The monoisotopic (exact) mass is 388 g/mol. The molecule has 1 aliphatic rings. The van der Waals surface area contributed by atoms with Crippen molar-refractivity contribution in [3.63, 3.8) is 0 Å². The first kappa shape index (κ1) is 17.0. The molecule has 0 atom stereocenters. The summed E-state index contributed by atoms with van der Waals surface area (Å²) in [6.07, 6.45) is 0. The zero-order chi connectivity index (χ0) is 17.2. The largest absolute Gasteiger partial charge is 0.454 e. The number of halogens is 1. The van der Waals surface area contributed by atoms with Gasteiger partial charge < -0.3 is 14.8 Å². The van der Waals surface area contributed by atoms with Crippen molar-refractivity contribution in [1.29, 1.82) is 0 Å². The normalized spacial score (nSPS) is 13.0. The van der Waals surface area contributed by atoms with Crippen LogP contribution in [0.2, 0.25) is 4.34 Å². The molecule has 1 aromatic carbocycles. The number of sulfonamides is 1. The highest BCUT2D eigenvalue weighted by molar-refractivity contribution is 7.91. The Balaban J connectivity index is 1.51. The summed E-state index contributed by atoms with van der Waals surface area (Å²) in [6, 6.07) is 8.19. The lowest BCUT2D eigenvalue weighted by atomic mass is 10.2. The Kier molecular flexibility index (Phi) is 4.95. The highest BCUT2D eigenvalue weighted by atomic mass is 35.5. The predicted octanol–water partition coefficient (Wildman–Crippen LogP) is 1.72. The van der Waals surface area contributed by atoms with E-state index in [1.807, 2.05) is 0 Å². The number of thiophene rings is 1. The SMILES string of the molecule is O=C(CNS(=O)(=O)c1ccc(Cl)s1)NCc1ccc2c(c1)OCO2. The number of benzene rings is 1. The van der Waals surface area contributed by atoms with Gasteiger partial charge in [0.15, 0.2) is 11.5 Å². The number of carbonyl (C=O) groups excluding carboxylic acids is 1. The van der Waals surface area contributed by atoms with Crippen molar-refractivity contribution < 1.29 is 22.7 Å². The first-order chi connectivity index (χ1) is 11.4. The molecule has 2 aromatic rings. The van der Waals surface area contributed by atoms with Crippen LogP contribution in [-0.4, -0.2) is 27.7 Å². The van der Waals surface area contributed by atoms with E-state index >= 15 is 0 Å². The van der Waals surface area contributed by atoms with Crippen molar-refractivity contribution >= 4 is 38.9 Å². The van der Waals surface area contributed by atoms with Crippen molar-refractivity contribution in [3.8, 4) is 11.5 Å². The van der Waals surface area contributed by atoms with Crippen molar-refractivity contribution in [1.82, 2.24) is 10.0 Å². The van der Waals surface area contributed by atoms with E-state index in [0.717, 1.165) is 16.9 Å². The summed E-state index contributed by atoms with van der Waals surface area (Å²) >= 11 is 6.64. The fourth-order valence-corrected chi connectivity index (χ4v) is 4.50. The van der Waals surface area contributed by atoms with E-state index in [2.05, 4.69) is 10.0 Å². The van der Waals surface area contributed by atoms with Crippen LogP contribution in [0, 0.1) is 0 Å². The lowest BCUT2D eigenvalue weighted by Gasteiger charge is -2.07. The predicted molar refractivity (Wildman–Crippen MR) is 88.9 cm³/mol. The molecule has 24 heavy (non-hydrogen) atoms. The molecular formula is C14H13ClN2O5S2. The molecule has 2 N–H and O–H groups in total. The fourth-order valence-electron chi connectivity index (χ4n) is 1.99. The molecule has 7 nitrogen and oxygen atoms in total. The minimum atomic E-state index is -3.74. The molecule has 0 radical (unpaired) electrons. The highest BCUT2D eigenvalue weighted by Gasteiger charge is 2.18. The maximum Gasteiger partial charge on any atom is 0.250 e. The lowest BCUT2D eigenvalue weighted by Crippen LogP contribution is -2.36. The van der Waals surface area contributed by atoms with Crippen LogP contribution in [0.25, 0.3) is 0 Å². The third-order valence-corrected chi connectivity index (χ3v) is 6.29. The van der Waals surface area contributed by atoms with Crippen LogP contribution >= 0.6 is 22.9 Å². The van der Waals surface area contributed by atoms with Crippen molar-refractivity contribution in [2.75, 3.05) is 13.3 Å². The number of amides is 1. The van der Waals surface area contributed by atoms with Gasteiger partial charge in [-0.1, -0.05) is 17.7 Å². The average molecular weight is 389 g/mol. The zero-order valence-electron chi connectivity index (χ0n) is 12.2. The molecule has 0 spiro atoms. The Morgan fingerprint density at radius 2 is 2.00 bits per heavy atom. The van der Waals surface area contributed by atoms with E-state index in [0.29, 0.717) is 15.8 Å². The third kappa shape index (κ3) is 3.99. The molecular weight excluding hydrogens is 376 g/mol. The van der Waals surface area contributed by atoms with E-state index in [-0.39, 0.29) is 24.1 Å². The van der Waals surface area contributed by atoms with E-state index < -0.39 is 15.9 Å². The summed E-state index contributed by atoms with van der Waals surface area (Å²) < 4.78 is 37.1. The Bertz CT molecular complexity index is 866. The van der Waals surface area contributed by atoms with Crippen molar-refractivity contribution in [3.05, 3.63) is 40.2 Å². The number of hydrogen-bond donors (Lipinski definition) is 2. The second-order valence-electron chi connectivity index (χ2n) is 4.85. The molecule has 0 bridgehead atoms. The third-order valence-electron chi connectivity index (χ3n) is 3.16. The molecule has 1 aromatic heterocycles. The van der Waals surface area contributed by atoms with Gasteiger partial charge >= 0.3 is 0 Å². The van der Waals surface area contributed by atoms with Crippen LogP contribution in [0.4, 0.5) is 0 Å². The first-order valence-electron chi connectivity index (χ1n) is 6.84. The van der Waals surface area contributed by atoms with Gasteiger partial charge in [-0.2, -0.15) is 0 Å². The first-order valence-corrected chi connectivity index (χ1v) is 9.52. The van der Waals surface area contributed by atoms with E-state index in [1.165, 1.54) is 12.1 Å². The summed E-state index contributed by atoms with van der Waals surface area (Å²) in [5.74, 6) is 0.836. The topological polar surface area (TPSA) is 93.7 Å². The average Bonchev–Trinajstić information content (AvgIpc) is 3.19. The van der Waals surface area contributed by atoms with Gasteiger partial charge in [-0.05, 0) is 29.8 Å². The van der Waals surface area contributed by atoms with Crippen molar-refractivity contribution in [2.45, 2.75) is 10.8 Å². The minimum absolute atomic E-state index is 0.0658. The Morgan fingerprint density at radius 3 is 2.75 bits per heavy atom. The van der Waals surface area contributed by atoms with Gasteiger partial charge in [-0.25, -0.2) is 13.1 Å². The Morgan fingerprint density at radius 1 is 1.21 bits per heavy atom. The van der Waals surface area contributed by atoms with Gasteiger partial charge in [0.2, 0.25) is 12.7 Å². The summed E-state index contributed by atoms with van der Waals surface area (Å²) in [5, 5.41) is 2.63. The molecule has 1 aliphatic heterocycles.